The molecule has 1 aromatic heterocycles. The van der Waals surface area contributed by atoms with Gasteiger partial charge in [-0.1, -0.05) is 18.2 Å². The summed E-state index contributed by atoms with van der Waals surface area (Å²) < 4.78 is 0. The maximum absolute atomic E-state index is 12.1. The topological polar surface area (TPSA) is 57.3 Å². The molecule has 0 fully saturated rings. The lowest BCUT2D eigenvalue weighted by Crippen LogP contribution is -2.21. The fourth-order valence-corrected chi connectivity index (χ4v) is 1.81. The van der Waals surface area contributed by atoms with Gasteiger partial charge in [0.25, 0.3) is 5.91 Å². The lowest BCUT2D eigenvalue weighted by Gasteiger charge is -2.12. The third-order valence-electron chi connectivity index (χ3n) is 2.91. The zero-order valence-corrected chi connectivity index (χ0v) is 12.3. The number of hydrogen-bond acceptors (Lipinski definition) is 4. The average Bonchev–Trinajstić information content (AvgIpc) is 2.48. The zero-order valence-electron chi connectivity index (χ0n) is 12.3. The van der Waals surface area contributed by atoms with Crippen molar-refractivity contribution in [3.05, 3.63) is 54.4 Å². The van der Waals surface area contributed by atoms with E-state index in [1.807, 2.05) is 50.5 Å². The van der Waals surface area contributed by atoms with Crippen molar-refractivity contribution in [1.82, 2.24) is 9.88 Å². The first-order valence-electron chi connectivity index (χ1n) is 6.86. The summed E-state index contributed by atoms with van der Waals surface area (Å²) in [5, 5.41) is 6.10. The number of benzene rings is 1. The van der Waals surface area contributed by atoms with Crippen molar-refractivity contribution < 1.29 is 4.79 Å². The molecule has 0 radical (unpaired) electrons. The van der Waals surface area contributed by atoms with Crippen molar-refractivity contribution in [2.45, 2.75) is 0 Å². The Morgan fingerprint density at radius 3 is 2.62 bits per heavy atom. The molecule has 0 atom stereocenters. The molecule has 2 N–H and O–H groups in total. The molecule has 0 aliphatic rings. The molecule has 0 saturated heterocycles. The van der Waals surface area contributed by atoms with Crippen molar-refractivity contribution >= 4 is 17.3 Å². The molecule has 0 spiro atoms. The standard InChI is InChI=1S/C16H20N4O/c1-20(2)11-10-17-14-8-9-18-15(12-14)16(21)19-13-6-4-3-5-7-13/h3-9,12H,10-11H2,1-2H3,(H,17,18)(H,19,21). The molecule has 110 valence electrons. The van der Waals surface area contributed by atoms with Crippen molar-refractivity contribution in [2.75, 3.05) is 37.8 Å². The SMILES string of the molecule is CN(C)CCNc1ccnc(C(=O)Nc2ccccc2)c1. The van der Waals surface area contributed by atoms with Crippen LogP contribution < -0.4 is 10.6 Å². The van der Waals surface area contributed by atoms with Crippen LogP contribution in [0.25, 0.3) is 0 Å². The molecule has 1 heterocycles. The minimum absolute atomic E-state index is 0.211. The number of anilines is 2. The predicted octanol–water partition coefficient (Wildman–Crippen LogP) is 2.31. The van der Waals surface area contributed by atoms with Gasteiger partial charge < -0.3 is 15.5 Å². The molecular weight excluding hydrogens is 264 g/mol. The largest absolute Gasteiger partial charge is 0.384 e. The summed E-state index contributed by atoms with van der Waals surface area (Å²) in [6, 6.07) is 13.0. The number of pyridine rings is 1. The summed E-state index contributed by atoms with van der Waals surface area (Å²) in [6.45, 7) is 1.74. The van der Waals surface area contributed by atoms with Gasteiger partial charge in [-0.25, -0.2) is 0 Å². The number of likely N-dealkylation sites (N-methyl/N-ethyl adjacent to an activating group) is 1. The Kier molecular flexibility index (Phi) is 5.29. The Bertz CT molecular complexity index is 584. The normalized spacial score (nSPS) is 10.4. The first-order valence-corrected chi connectivity index (χ1v) is 6.86. The fraction of sp³-hybridized carbons (Fsp3) is 0.250. The maximum Gasteiger partial charge on any atom is 0.274 e. The van der Waals surface area contributed by atoms with E-state index < -0.39 is 0 Å². The number of amides is 1. The first kappa shape index (κ1) is 15.0. The van der Waals surface area contributed by atoms with E-state index in [0.717, 1.165) is 24.5 Å². The van der Waals surface area contributed by atoms with Gasteiger partial charge in [-0.2, -0.15) is 0 Å². The lowest BCUT2D eigenvalue weighted by molar-refractivity contribution is 0.102. The van der Waals surface area contributed by atoms with Gasteiger partial charge >= 0.3 is 0 Å². The Hall–Kier alpha value is -2.40. The number of carbonyl (C=O) groups is 1. The molecule has 1 amide bonds. The minimum atomic E-state index is -0.211. The van der Waals surface area contributed by atoms with E-state index in [1.165, 1.54) is 0 Å². The highest BCUT2D eigenvalue weighted by Gasteiger charge is 2.08. The van der Waals surface area contributed by atoms with E-state index in [4.69, 9.17) is 0 Å². The van der Waals surface area contributed by atoms with Crippen molar-refractivity contribution in [2.24, 2.45) is 0 Å². The molecule has 0 unspecified atom stereocenters. The number of nitrogens with one attached hydrogen (secondary N) is 2. The summed E-state index contributed by atoms with van der Waals surface area (Å²) in [6.07, 6.45) is 1.64. The number of para-hydroxylation sites is 1. The van der Waals surface area contributed by atoms with Crippen LogP contribution in [0.15, 0.2) is 48.7 Å². The molecule has 2 rings (SSSR count). The van der Waals surface area contributed by atoms with Gasteiger partial charge in [-0.05, 0) is 38.4 Å². The van der Waals surface area contributed by atoms with Crippen LogP contribution in [0.1, 0.15) is 10.5 Å². The Morgan fingerprint density at radius 1 is 1.14 bits per heavy atom. The summed E-state index contributed by atoms with van der Waals surface area (Å²) in [5.41, 5.74) is 2.05. The van der Waals surface area contributed by atoms with E-state index in [1.54, 1.807) is 12.3 Å². The van der Waals surface area contributed by atoms with E-state index in [9.17, 15) is 4.79 Å². The van der Waals surface area contributed by atoms with Gasteiger partial charge in [-0.3, -0.25) is 9.78 Å². The van der Waals surface area contributed by atoms with Crippen molar-refractivity contribution in [3.63, 3.8) is 0 Å². The number of carbonyl (C=O) groups excluding carboxylic acids is 1. The van der Waals surface area contributed by atoms with E-state index in [-0.39, 0.29) is 5.91 Å². The summed E-state index contributed by atoms with van der Waals surface area (Å²) in [4.78, 5) is 18.3. The third-order valence-corrected chi connectivity index (χ3v) is 2.91. The van der Waals surface area contributed by atoms with E-state index >= 15 is 0 Å². The van der Waals surface area contributed by atoms with Crippen LogP contribution in [0.3, 0.4) is 0 Å². The molecule has 21 heavy (non-hydrogen) atoms. The summed E-state index contributed by atoms with van der Waals surface area (Å²) >= 11 is 0. The van der Waals surface area contributed by atoms with Crippen LogP contribution in [0.2, 0.25) is 0 Å². The molecule has 2 aromatic rings. The summed E-state index contributed by atoms with van der Waals surface area (Å²) in [7, 11) is 4.04. The number of hydrogen-bond donors (Lipinski definition) is 2. The second-order valence-electron chi connectivity index (χ2n) is 4.98. The van der Waals surface area contributed by atoms with Gasteiger partial charge in [-0.15, -0.1) is 0 Å². The van der Waals surface area contributed by atoms with Crippen LogP contribution in [-0.4, -0.2) is 43.0 Å². The maximum atomic E-state index is 12.1. The highest BCUT2D eigenvalue weighted by molar-refractivity contribution is 6.03. The molecule has 0 bridgehead atoms. The lowest BCUT2D eigenvalue weighted by atomic mass is 10.2. The molecular formula is C16H20N4O. The van der Waals surface area contributed by atoms with Crippen LogP contribution in [0.5, 0.6) is 0 Å². The second-order valence-corrected chi connectivity index (χ2v) is 4.98. The Labute approximate surface area is 125 Å². The van der Waals surface area contributed by atoms with Crippen molar-refractivity contribution in [1.29, 1.82) is 0 Å². The van der Waals surface area contributed by atoms with Crippen LogP contribution in [0.4, 0.5) is 11.4 Å². The van der Waals surface area contributed by atoms with Crippen LogP contribution in [0, 0.1) is 0 Å². The van der Waals surface area contributed by atoms with Crippen LogP contribution in [-0.2, 0) is 0 Å². The number of nitrogens with zero attached hydrogens (tertiary/aromatic N) is 2. The average molecular weight is 284 g/mol. The smallest absolute Gasteiger partial charge is 0.274 e. The van der Waals surface area contributed by atoms with Gasteiger partial charge in [0.1, 0.15) is 5.69 Å². The first-order chi connectivity index (χ1) is 10.1. The fourth-order valence-electron chi connectivity index (χ4n) is 1.81. The highest BCUT2D eigenvalue weighted by Crippen LogP contribution is 2.11. The van der Waals surface area contributed by atoms with E-state index in [2.05, 4.69) is 20.5 Å². The van der Waals surface area contributed by atoms with Gasteiger partial charge in [0.2, 0.25) is 0 Å². The third kappa shape index (κ3) is 4.89. The summed E-state index contributed by atoms with van der Waals surface area (Å²) in [5.74, 6) is -0.211. The molecule has 0 saturated carbocycles. The molecule has 1 aromatic carbocycles. The zero-order chi connectivity index (χ0) is 15.1. The minimum Gasteiger partial charge on any atom is -0.384 e. The number of aromatic nitrogens is 1. The van der Waals surface area contributed by atoms with Gasteiger partial charge in [0.05, 0.1) is 0 Å². The molecule has 0 aliphatic heterocycles. The Morgan fingerprint density at radius 2 is 1.90 bits per heavy atom. The van der Waals surface area contributed by atoms with Gasteiger partial charge in [0, 0.05) is 30.7 Å². The molecule has 5 heteroatoms. The quantitative estimate of drug-likeness (QED) is 0.854. The number of rotatable bonds is 6. The van der Waals surface area contributed by atoms with Gasteiger partial charge in [0.15, 0.2) is 0 Å². The molecule has 5 nitrogen and oxygen atoms in total. The Balaban J connectivity index is 1.98. The van der Waals surface area contributed by atoms with Crippen LogP contribution >= 0.6 is 0 Å². The predicted molar refractivity (Wildman–Crippen MR) is 85.7 cm³/mol. The second kappa shape index (κ2) is 7.40. The van der Waals surface area contributed by atoms with E-state index in [0.29, 0.717) is 5.69 Å². The highest BCUT2D eigenvalue weighted by atomic mass is 16.1. The molecule has 0 aliphatic carbocycles. The monoisotopic (exact) mass is 284 g/mol. The van der Waals surface area contributed by atoms with Crippen molar-refractivity contribution in [3.8, 4) is 0 Å².